The molecule has 3 aromatic carbocycles. The second kappa shape index (κ2) is 9.31. The highest BCUT2D eigenvalue weighted by Gasteiger charge is 2.16. The van der Waals surface area contributed by atoms with Gasteiger partial charge in [0.15, 0.2) is 0 Å². The van der Waals surface area contributed by atoms with Crippen LogP contribution in [0.4, 0.5) is 5.69 Å². The third-order valence-corrected chi connectivity index (χ3v) is 5.93. The number of aromatic nitrogens is 2. The van der Waals surface area contributed by atoms with E-state index in [1.807, 2.05) is 97.1 Å². The lowest BCUT2D eigenvalue weighted by Crippen LogP contribution is -2.13. The molecule has 2 heterocycles. The maximum atomic E-state index is 12.7. The Bertz CT molecular complexity index is 1410. The first-order valence-electron chi connectivity index (χ1n) is 10.9. The third-order valence-electron chi connectivity index (χ3n) is 5.60. The molecule has 1 N–H and O–H groups in total. The number of imidazole rings is 1. The van der Waals surface area contributed by atoms with Gasteiger partial charge in [0.25, 0.3) is 0 Å². The van der Waals surface area contributed by atoms with Gasteiger partial charge in [0.1, 0.15) is 5.65 Å². The Morgan fingerprint density at radius 1 is 0.818 bits per heavy atom. The molecule has 5 aromatic rings. The molecule has 0 aliphatic carbocycles. The summed E-state index contributed by atoms with van der Waals surface area (Å²) in [6.45, 7) is 0. The van der Waals surface area contributed by atoms with Gasteiger partial charge in [-0.15, -0.1) is 0 Å². The van der Waals surface area contributed by atoms with E-state index >= 15 is 0 Å². The van der Waals surface area contributed by atoms with Crippen LogP contribution in [0.25, 0.3) is 28.0 Å². The number of para-hydroxylation sites is 1. The van der Waals surface area contributed by atoms with Gasteiger partial charge in [0.05, 0.1) is 11.4 Å². The number of carbonyl (C=O) groups is 1. The maximum Gasteiger partial charge on any atom is 0.224 e. The monoisotopic (exact) mass is 451 g/mol. The fraction of sp³-hybridized carbons (Fsp3) is 0.0714. The van der Waals surface area contributed by atoms with Crippen molar-refractivity contribution in [1.82, 2.24) is 9.38 Å². The van der Waals surface area contributed by atoms with Gasteiger partial charge in [-0.25, -0.2) is 4.98 Å². The van der Waals surface area contributed by atoms with Gasteiger partial charge in [-0.3, -0.25) is 4.79 Å². The lowest BCUT2D eigenvalue weighted by molar-refractivity contribution is -0.116. The normalized spacial score (nSPS) is 10.9. The second-order valence-electron chi connectivity index (χ2n) is 7.81. The number of rotatable bonds is 6. The molecule has 0 spiro atoms. The van der Waals surface area contributed by atoms with E-state index in [0.29, 0.717) is 17.9 Å². The largest absolute Gasteiger partial charge is 0.326 e. The van der Waals surface area contributed by atoms with E-state index in [2.05, 4.69) is 15.9 Å². The zero-order valence-corrected chi connectivity index (χ0v) is 18.7. The zero-order chi connectivity index (χ0) is 22.6. The second-order valence-corrected chi connectivity index (χ2v) is 8.22. The number of amides is 1. The third kappa shape index (κ3) is 4.52. The van der Waals surface area contributed by atoms with E-state index in [4.69, 9.17) is 16.6 Å². The van der Waals surface area contributed by atoms with E-state index in [1.165, 1.54) is 0 Å². The van der Waals surface area contributed by atoms with E-state index in [1.54, 1.807) is 0 Å². The minimum Gasteiger partial charge on any atom is -0.326 e. The van der Waals surface area contributed by atoms with Crippen molar-refractivity contribution in [2.24, 2.45) is 0 Å². The summed E-state index contributed by atoms with van der Waals surface area (Å²) in [5.74, 6) is -0.0302. The van der Waals surface area contributed by atoms with Crippen molar-refractivity contribution in [2.45, 2.75) is 12.8 Å². The van der Waals surface area contributed by atoms with Crippen LogP contribution < -0.4 is 5.32 Å². The number of nitrogens with zero attached hydrogens (tertiary/aromatic N) is 2. The van der Waals surface area contributed by atoms with Gasteiger partial charge in [-0.05, 0) is 42.3 Å². The Hall–Kier alpha value is -3.89. The molecule has 0 aliphatic heterocycles. The predicted molar refractivity (Wildman–Crippen MR) is 134 cm³/mol. The van der Waals surface area contributed by atoms with Gasteiger partial charge in [0, 0.05) is 34.5 Å². The van der Waals surface area contributed by atoms with E-state index in [9.17, 15) is 4.79 Å². The van der Waals surface area contributed by atoms with Crippen LogP contribution in [0, 0.1) is 0 Å². The molecule has 0 atom stereocenters. The number of carbonyl (C=O) groups excluding carboxylic acids is 1. The van der Waals surface area contributed by atoms with Crippen molar-refractivity contribution in [3.63, 3.8) is 0 Å². The molecule has 0 unspecified atom stereocenters. The molecule has 0 fully saturated rings. The van der Waals surface area contributed by atoms with E-state index in [-0.39, 0.29) is 5.91 Å². The van der Waals surface area contributed by atoms with Crippen LogP contribution in [0.1, 0.15) is 12.1 Å². The Balaban J connectivity index is 1.53. The molecule has 5 rings (SSSR count). The van der Waals surface area contributed by atoms with Crippen molar-refractivity contribution in [1.29, 1.82) is 0 Å². The fourth-order valence-corrected chi connectivity index (χ4v) is 4.24. The first-order valence-corrected chi connectivity index (χ1v) is 11.2. The Labute approximate surface area is 197 Å². The highest BCUT2D eigenvalue weighted by molar-refractivity contribution is 6.33. The summed E-state index contributed by atoms with van der Waals surface area (Å²) in [6.07, 6.45) is 2.95. The summed E-state index contributed by atoms with van der Waals surface area (Å²) in [6, 6.07) is 31.4. The lowest BCUT2D eigenvalue weighted by atomic mass is 10.1. The van der Waals surface area contributed by atoms with Crippen LogP contribution in [-0.2, 0) is 11.2 Å². The van der Waals surface area contributed by atoms with Crippen molar-refractivity contribution in [2.75, 3.05) is 5.32 Å². The molecule has 2 aromatic heterocycles. The minimum atomic E-state index is -0.0302. The number of anilines is 1. The molecule has 0 saturated heterocycles. The smallest absolute Gasteiger partial charge is 0.224 e. The van der Waals surface area contributed by atoms with Gasteiger partial charge in [0.2, 0.25) is 5.91 Å². The summed E-state index contributed by atoms with van der Waals surface area (Å²) >= 11 is 6.45. The predicted octanol–water partition coefficient (Wildman–Crippen LogP) is 6.89. The number of pyridine rings is 1. The van der Waals surface area contributed by atoms with Crippen LogP contribution in [0.2, 0.25) is 5.02 Å². The topological polar surface area (TPSA) is 46.4 Å². The van der Waals surface area contributed by atoms with Crippen molar-refractivity contribution >= 4 is 28.8 Å². The summed E-state index contributed by atoms with van der Waals surface area (Å²) in [5.41, 5.74) is 6.50. The summed E-state index contributed by atoms with van der Waals surface area (Å²) in [7, 11) is 0. The zero-order valence-electron chi connectivity index (χ0n) is 17.9. The van der Waals surface area contributed by atoms with Gasteiger partial charge < -0.3 is 9.72 Å². The molecule has 5 heteroatoms. The minimum absolute atomic E-state index is 0.0302. The van der Waals surface area contributed by atoms with Crippen molar-refractivity contribution in [3.8, 4) is 22.4 Å². The molecule has 1 amide bonds. The Kier molecular flexibility index (Phi) is 5.92. The summed E-state index contributed by atoms with van der Waals surface area (Å²) in [5, 5.41) is 3.67. The van der Waals surface area contributed by atoms with Crippen molar-refractivity contribution in [3.05, 3.63) is 114 Å². The number of hydrogen-bond acceptors (Lipinski definition) is 2. The molecule has 33 heavy (non-hydrogen) atoms. The van der Waals surface area contributed by atoms with Crippen LogP contribution in [0.15, 0.2) is 103 Å². The highest BCUT2D eigenvalue weighted by Crippen LogP contribution is 2.31. The fourth-order valence-electron chi connectivity index (χ4n) is 3.99. The number of benzene rings is 3. The van der Waals surface area contributed by atoms with Gasteiger partial charge in [-0.2, -0.15) is 0 Å². The summed E-state index contributed by atoms with van der Waals surface area (Å²) < 4.78 is 2.08. The molecular formula is C28H22ClN3O. The van der Waals surface area contributed by atoms with E-state index in [0.717, 1.165) is 39.4 Å². The lowest BCUT2D eigenvalue weighted by Gasteiger charge is -2.09. The van der Waals surface area contributed by atoms with E-state index < -0.39 is 0 Å². The van der Waals surface area contributed by atoms with Crippen LogP contribution in [0.3, 0.4) is 0 Å². The van der Waals surface area contributed by atoms with Crippen LogP contribution >= 0.6 is 11.6 Å². The van der Waals surface area contributed by atoms with Gasteiger partial charge in [-0.1, -0.05) is 78.3 Å². The quantitative estimate of drug-likeness (QED) is 0.305. The number of hydrogen-bond donors (Lipinski definition) is 1. The Morgan fingerprint density at radius 3 is 2.27 bits per heavy atom. The van der Waals surface area contributed by atoms with Gasteiger partial charge >= 0.3 is 0 Å². The number of nitrogens with one attached hydrogen (secondary N) is 1. The number of fused-ring (bicyclic) bond motifs is 1. The molecular weight excluding hydrogens is 430 g/mol. The molecule has 0 aliphatic rings. The van der Waals surface area contributed by atoms with Crippen LogP contribution in [-0.4, -0.2) is 15.3 Å². The first-order chi connectivity index (χ1) is 16.2. The SMILES string of the molecule is O=C(CCc1c(-c2ccccc2)nc2ccc(-c3ccccc3Cl)cn12)Nc1ccccc1. The Morgan fingerprint density at radius 2 is 1.52 bits per heavy atom. The molecule has 4 nitrogen and oxygen atoms in total. The maximum absolute atomic E-state index is 12.7. The first kappa shape index (κ1) is 21.0. The average Bonchev–Trinajstić information content (AvgIpc) is 3.22. The summed E-state index contributed by atoms with van der Waals surface area (Å²) in [4.78, 5) is 17.6. The standard InChI is InChI=1S/C28H22ClN3O/c29-24-14-8-7-13-23(24)21-15-17-26-31-28(20-9-3-1-4-10-20)25(32(26)19-21)16-18-27(33)30-22-11-5-2-6-12-22/h1-15,17,19H,16,18H2,(H,30,33). The number of halogens is 1. The number of aryl methyl sites for hydroxylation is 1. The molecule has 162 valence electrons. The average molecular weight is 452 g/mol. The molecule has 0 saturated carbocycles. The highest BCUT2D eigenvalue weighted by atomic mass is 35.5. The van der Waals surface area contributed by atoms with Crippen molar-refractivity contribution < 1.29 is 4.79 Å². The molecule has 0 bridgehead atoms. The molecule has 0 radical (unpaired) electrons. The van der Waals surface area contributed by atoms with Crippen LogP contribution in [0.5, 0.6) is 0 Å².